The fourth-order valence-electron chi connectivity index (χ4n) is 1.99. The molecule has 1 aliphatic rings. The number of aromatic nitrogens is 1. The normalized spacial score (nSPS) is 16.3. The fraction of sp³-hybridized carbons (Fsp3) is 0.286. The van der Waals surface area contributed by atoms with Gasteiger partial charge in [0.1, 0.15) is 0 Å². The molecule has 2 aromatic rings. The van der Waals surface area contributed by atoms with E-state index < -0.39 is 10.8 Å². The number of hydrogen-bond acceptors (Lipinski definition) is 4. The highest BCUT2D eigenvalue weighted by atomic mass is 32.2. The van der Waals surface area contributed by atoms with E-state index in [1.54, 1.807) is 30.5 Å². The molecule has 1 atom stereocenters. The zero-order valence-electron chi connectivity index (χ0n) is 10.5. The SMILES string of the molecule is CS(=O)c1ccc(-c2oncc2C(=O)C2CC2)cc1. The second kappa shape index (κ2) is 4.74. The van der Waals surface area contributed by atoms with E-state index in [9.17, 15) is 9.00 Å². The Bertz CT molecular complexity index is 641. The van der Waals surface area contributed by atoms with Gasteiger partial charge in [0.2, 0.25) is 0 Å². The Hall–Kier alpha value is -1.75. The highest BCUT2D eigenvalue weighted by Crippen LogP contribution is 2.35. The highest BCUT2D eigenvalue weighted by Gasteiger charge is 2.33. The smallest absolute Gasteiger partial charge is 0.177 e. The van der Waals surface area contributed by atoms with Crippen LogP contribution in [0.2, 0.25) is 0 Å². The predicted molar refractivity (Wildman–Crippen MR) is 71.3 cm³/mol. The van der Waals surface area contributed by atoms with Gasteiger partial charge in [0.05, 0.1) is 11.8 Å². The summed E-state index contributed by atoms with van der Waals surface area (Å²) in [6.45, 7) is 0. The lowest BCUT2D eigenvalue weighted by Crippen LogP contribution is -2.01. The van der Waals surface area contributed by atoms with E-state index in [0.717, 1.165) is 23.3 Å². The molecule has 98 valence electrons. The standard InChI is InChI=1S/C14H13NO3S/c1-19(17)11-6-4-10(5-7-11)14-12(8-15-18-14)13(16)9-2-3-9/h4-9H,2-3H2,1H3. The van der Waals surface area contributed by atoms with E-state index in [2.05, 4.69) is 5.16 Å². The Morgan fingerprint density at radius 1 is 1.32 bits per heavy atom. The minimum Gasteiger partial charge on any atom is -0.356 e. The Kier molecular flexibility index (Phi) is 3.06. The predicted octanol–water partition coefficient (Wildman–Crippen LogP) is 2.67. The van der Waals surface area contributed by atoms with Crippen molar-refractivity contribution in [3.63, 3.8) is 0 Å². The third-order valence-electron chi connectivity index (χ3n) is 3.23. The van der Waals surface area contributed by atoms with Crippen molar-refractivity contribution in [1.29, 1.82) is 0 Å². The Labute approximate surface area is 113 Å². The number of ketones is 1. The minimum absolute atomic E-state index is 0.111. The van der Waals surface area contributed by atoms with Crippen molar-refractivity contribution in [3.05, 3.63) is 36.0 Å². The van der Waals surface area contributed by atoms with Gasteiger partial charge in [0.15, 0.2) is 11.5 Å². The molecule has 0 spiro atoms. The summed E-state index contributed by atoms with van der Waals surface area (Å²) < 4.78 is 16.5. The third kappa shape index (κ3) is 2.38. The van der Waals surface area contributed by atoms with E-state index in [0.29, 0.717) is 11.3 Å². The first-order valence-electron chi connectivity index (χ1n) is 6.09. The Balaban J connectivity index is 1.95. The van der Waals surface area contributed by atoms with Gasteiger partial charge in [-0.05, 0) is 37.1 Å². The number of nitrogens with zero attached hydrogens (tertiary/aromatic N) is 1. The van der Waals surface area contributed by atoms with Crippen LogP contribution in [-0.4, -0.2) is 21.4 Å². The van der Waals surface area contributed by atoms with Gasteiger partial charge in [-0.3, -0.25) is 9.00 Å². The van der Waals surface area contributed by atoms with Gasteiger partial charge in [-0.25, -0.2) is 0 Å². The largest absolute Gasteiger partial charge is 0.356 e. The molecule has 1 fully saturated rings. The van der Waals surface area contributed by atoms with Crippen LogP contribution < -0.4 is 0 Å². The van der Waals surface area contributed by atoms with Gasteiger partial charge in [-0.1, -0.05) is 5.16 Å². The molecule has 1 aromatic carbocycles. The van der Waals surface area contributed by atoms with Gasteiger partial charge < -0.3 is 4.52 Å². The van der Waals surface area contributed by atoms with E-state index in [1.165, 1.54) is 6.20 Å². The second-order valence-electron chi connectivity index (χ2n) is 4.69. The molecule has 5 heteroatoms. The lowest BCUT2D eigenvalue weighted by molar-refractivity contribution is 0.0968. The van der Waals surface area contributed by atoms with Crippen LogP contribution in [0.5, 0.6) is 0 Å². The maximum atomic E-state index is 12.1. The van der Waals surface area contributed by atoms with Crippen molar-refractivity contribution in [1.82, 2.24) is 5.16 Å². The number of carbonyl (C=O) groups excluding carboxylic acids is 1. The third-order valence-corrected chi connectivity index (χ3v) is 4.17. The van der Waals surface area contributed by atoms with Gasteiger partial charge in [0.25, 0.3) is 0 Å². The molecule has 1 unspecified atom stereocenters. The molecule has 1 saturated carbocycles. The van der Waals surface area contributed by atoms with Crippen LogP contribution in [0.25, 0.3) is 11.3 Å². The van der Waals surface area contributed by atoms with Crippen molar-refractivity contribution in [2.24, 2.45) is 5.92 Å². The summed E-state index contributed by atoms with van der Waals surface area (Å²) in [5.41, 5.74) is 1.34. The van der Waals surface area contributed by atoms with E-state index in [1.807, 2.05) is 0 Å². The molecule has 0 aliphatic heterocycles. The van der Waals surface area contributed by atoms with Crippen molar-refractivity contribution in [3.8, 4) is 11.3 Å². The molecular weight excluding hydrogens is 262 g/mol. The fourth-order valence-corrected chi connectivity index (χ4v) is 2.51. The molecule has 0 saturated heterocycles. The van der Waals surface area contributed by atoms with Crippen molar-refractivity contribution in [2.75, 3.05) is 6.26 Å². The van der Waals surface area contributed by atoms with Crippen LogP contribution in [-0.2, 0) is 10.8 Å². The maximum Gasteiger partial charge on any atom is 0.177 e. The van der Waals surface area contributed by atoms with Gasteiger partial charge in [0, 0.05) is 33.4 Å². The average molecular weight is 275 g/mol. The summed E-state index contributed by atoms with van der Waals surface area (Å²) in [6.07, 6.45) is 5.03. The highest BCUT2D eigenvalue weighted by molar-refractivity contribution is 7.84. The summed E-state index contributed by atoms with van der Waals surface area (Å²) >= 11 is 0. The molecular formula is C14H13NO3S. The Morgan fingerprint density at radius 3 is 2.58 bits per heavy atom. The lowest BCUT2D eigenvalue weighted by atomic mass is 10.0. The first kappa shape index (κ1) is 12.3. The summed E-state index contributed by atoms with van der Waals surface area (Å²) in [7, 11) is -1.01. The maximum absolute atomic E-state index is 12.1. The second-order valence-corrected chi connectivity index (χ2v) is 6.07. The Morgan fingerprint density at radius 2 is 2.00 bits per heavy atom. The van der Waals surface area contributed by atoms with Crippen LogP contribution in [0.15, 0.2) is 39.9 Å². The topological polar surface area (TPSA) is 60.2 Å². The van der Waals surface area contributed by atoms with Crippen molar-refractivity contribution < 1.29 is 13.5 Å². The summed E-state index contributed by atoms with van der Waals surface area (Å²) in [6, 6.07) is 7.17. The minimum atomic E-state index is -1.01. The molecule has 0 radical (unpaired) electrons. The molecule has 4 nitrogen and oxygen atoms in total. The number of rotatable bonds is 4. The number of Topliss-reactive ketones (excluding diaryl/α,β-unsaturated/α-hetero) is 1. The first-order valence-corrected chi connectivity index (χ1v) is 7.65. The molecule has 0 N–H and O–H groups in total. The average Bonchev–Trinajstić information content (AvgIpc) is 3.15. The monoisotopic (exact) mass is 275 g/mol. The quantitative estimate of drug-likeness (QED) is 0.805. The van der Waals surface area contributed by atoms with Crippen LogP contribution in [0.4, 0.5) is 0 Å². The van der Waals surface area contributed by atoms with Gasteiger partial charge >= 0.3 is 0 Å². The zero-order chi connectivity index (χ0) is 13.4. The van der Waals surface area contributed by atoms with Gasteiger partial charge in [-0.2, -0.15) is 0 Å². The first-order chi connectivity index (χ1) is 9.16. The molecule has 0 bridgehead atoms. The lowest BCUT2D eigenvalue weighted by Gasteiger charge is -2.01. The molecule has 1 aliphatic carbocycles. The summed E-state index contributed by atoms with van der Waals surface area (Å²) in [5, 5.41) is 3.73. The molecule has 19 heavy (non-hydrogen) atoms. The zero-order valence-corrected chi connectivity index (χ0v) is 11.3. The van der Waals surface area contributed by atoms with E-state index >= 15 is 0 Å². The summed E-state index contributed by atoms with van der Waals surface area (Å²) in [4.78, 5) is 12.8. The number of hydrogen-bond donors (Lipinski definition) is 0. The van der Waals surface area contributed by atoms with Gasteiger partial charge in [-0.15, -0.1) is 0 Å². The van der Waals surface area contributed by atoms with Crippen LogP contribution in [0, 0.1) is 5.92 Å². The van der Waals surface area contributed by atoms with E-state index in [-0.39, 0.29) is 11.7 Å². The van der Waals surface area contributed by atoms with Crippen LogP contribution >= 0.6 is 0 Å². The molecule has 1 aromatic heterocycles. The molecule has 0 amide bonds. The van der Waals surface area contributed by atoms with E-state index in [4.69, 9.17) is 4.52 Å². The van der Waals surface area contributed by atoms with Crippen LogP contribution in [0.1, 0.15) is 23.2 Å². The number of benzene rings is 1. The van der Waals surface area contributed by atoms with Crippen molar-refractivity contribution in [2.45, 2.75) is 17.7 Å². The summed E-state index contributed by atoms with van der Waals surface area (Å²) in [5.74, 6) is 0.755. The van der Waals surface area contributed by atoms with Crippen molar-refractivity contribution >= 4 is 16.6 Å². The molecule has 1 heterocycles. The van der Waals surface area contributed by atoms with Crippen LogP contribution in [0.3, 0.4) is 0 Å². The number of carbonyl (C=O) groups is 1. The molecule has 3 rings (SSSR count).